The van der Waals surface area contributed by atoms with Crippen molar-refractivity contribution >= 4 is 21.7 Å². The zero-order chi connectivity index (χ0) is 13.0. The Morgan fingerprint density at radius 2 is 1.83 bits per heavy atom. The van der Waals surface area contributed by atoms with Crippen molar-refractivity contribution in [1.82, 2.24) is 0 Å². The van der Waals surface area contributed by atoms with Crippen molar-refractivity contribution in [1.29, 1.82) is 0 Å². The number of carbonyl (C=O) groups is 1. The predicted octanol–water partition coefficient (Wildman–Crippen LogP) is 4.22. The zero-order valence-corrected chi connectivity index (χ0v) is 12.3. The molecule has 0 radical (unpaired) electrons. The predicted molar refractivity (Wildman–Crippen MR) is 76.6 cm³/mol. The van der Waals surface area contributed by atoms with Crippen LogP contribution in [0.1, 0.15) is 43.0 Å². The van der Waals surface area contributed by atoms with Gasteiger partial charge in [-0.05, 0) is 55.9 Å². The Kier molecular flexibility index (Phi) is 4.81. The van der Waals surface area contributed by atoms with Crippen LogP contribution < -0.4 is 4.74 Å². The van der Waals surface area contributed by atoms with Crippen LogP contribution in [-0.4, -0.2) is 17.2 Å². The largest absolute Gasteiger partial charge is 0.490 e. The number of rotatable bonds is 4. The number of hydrogen-bond donors (Lipinski definition) is 0. The number of alkyl halides is 1. The van der Waals surface area contributed by atoms with Crippen LogP contribution >= 0.6 is 15.9 Å². The lowest BCUT2D eigenvalue weighted by Crippen LogP contribution is -2.23. The molecule has 1 aromatic carbocycles. The topological polar surface area (TPSA) is 26.3 Å². The smallest absolute Gasteiger partial charge is 0.173 e. The first-order chi connectivity index (χ1) is 8.69. The Labute approximate surface area is 117 Å². The number of ketones is 1. The second-order valence-electron chi connectivity index (χ2n) is 5.08. The van der Waals surface area contributed by atoms with Crippen LogP contribution in [0.4, 0.5) is 0 Å². The van der Waals surface area contributed by atoms with Gasteiger partial charge in [0, 0.05) is 5.56 Å². The lowest BCUT2D eigenvalue weighted by molar-refractivity contribution is 0.102. The third-order valence-electron chi connectivity index (χ3n) is 3.56. The van der Waals surface area contributed by atoms with Gasteiger partial charge in [0.2, 0.25) is 0 Å². The maximum absolute atomic E-state index is 11.5. The summed E-state index contributed by atoms with van der Waals surface area (Å²) in [7, 11) is 0. The van der Waals surface area contributed by atoms with Crippen LogP contribution in [0, 0.1) is 5.92 Å². The van der Waals surface area contributed by atoms with Gasteiger partial charge in [0.05, 0.1) is 11.4 Å². The molecule has 0 heterocycles. The van der Waals surface area contributed by atoms with Gasteiger partial charge in [-0.25, -0.2) is 0 Å². The van der Waals surface area contributed by atoms with Gasteiger partial charge in [-0.3, -0.25) is 4.79 Å². The molecule has 2 rings (SSSR count). The van der Waals surface area contributed by atoms with E-state index in [1.807, 2.05) is 24.3 Å². The molecular formula is C15H19BrO2. The molecule has 0 atom stereocenters. The van der Waals surface area contributed by atoms with Gasteiger partial charge in [0.25, 0.3) is 0 Å². The molecule has 0 N–H and O–H groups in total. The number of carbonyl (C=O) groups excluding carboxylic acids is 1. The molecule has 0 saturated heterocycles. The minimum Gasteiger partial charge on any atom is -0.490 e. The first-order valence-electron chi connectivity index (χ1n) is 6.55. The fourth-order valence-corrected chi connectivity index (χ4v) is 2.66. The van der Waals surface area contributed by atoms with Crippen LogP contribution in [0.2, 0.25) is 0 Å². The molecule has 98 valence electrons. The quantitative estimate of drug-likeness (QED) is 0.615. The average Bonchev–Trinajstić information content (AvgIpc) is 2.41. The highest BCUT2D eigenvalue weighted by Gasteiger charge is 2.19. The van der Waals surface area contributed by atoms with Crippen molar-refractivity contribution in [2.45, 2.75) is 38.7 Å². The SMILES string of the molecule is CC1CCC(Oc2ccc(C(=O)CBr)cc2)CC1. The molecule has 0 aromatic heterocycles. The van der Waals surface area contributed by atoms with Crippen molar-refractivity contribution in [3.63, 3.8) is 0 Å². The minimum absolute atomic E-state index is 0.105. The molecule has 0 aliphatic heterocycles. The second kappa shape index (κ2) is 6.37. The molecule has 0 unspecified atom stereocenters. The molecule has 0 bridgehead atoms. The minimum atomic E-state index is 0.105. The van der Waals surface area contributed by atoms with Crippen LogP contribution in [0.25, 0.3) is 0 Å². The van der Waals surface area contributed by atoms with E-state index in [0.29, 0.717) is 11.4 Å². The monoisotopic (exact) mass is 310 g/mol. The number of benzene rings is 1. The van der Waals surface area contributed by atoms with Crippen LogP contribution in [0.3, 0.4) is 0 Å². The van der Waals surface area contributed by atoms with Crippen molar-refractivity contribution in [3.8, 4) is 5.75 Å². The fraction of sp³-hybridized carbons (Fsp3) is 0.533. The van der Waals surface area contributed by atoms with Gasteiger partial charge in [-0.1, -0.05) is 22.9 Å². The zero-order valence-electron chi connectivity index (χ0n) is 10.7. The molecular weight excluding hydrogens is 292 g/mol. The van der Waals surface area contributed by atoms with E-state index in [2.05, 4.69) is 22.9 Å². The molecule has 0 spiro atoms. The van der Waals surface area contributed by atoms with E-state index in [1.54, 1.807) is 0 Å². The Morgan fingerprint density at radius 1 is 1.22 bits per heavy atom. The number of hydrogen-bond acceptors (Lipinski definition) is 2. The normalized spacial score (nSPS) is 23.7. The summed E-state index contributed by atoms with van der Waals surface area (Å²) in [6.45, 7) is 2.30. The van der Waals surface area contributed by atoms with Crippen molar-refractivity contribution < 1.29 is 9.53 Å². The molecule has 3 heteroatoms. The number of Topliss-reactive ketones (excluding diaryl/α,β-unsaturated/α-hetero) is 1. The van der Waals surface area contributed by atoms with E-state index < -0.39 is 0 Å². The van der Waals surface area contributed by atoms with E-state index in [4.69, 9.17) is 4.74 Å². The summed E-state index contributed by atoms with van der Waals surface area (Å²) in [6, 6.07) is 7.47. The summed E-state index contributed by atoms with van der Waals surface area (Å²) < 4.78 is 5.95. The van der Waals surface area contributed by atoms with Crippen LogP contribution in [0.15, 0.2) is 24.3 Å². The molecule has 1 aromatic rings. The molecule has 1 fully saturated rings. The Bertz CT molecular complexity index is 391. The average molecular weight is 311 g/mol. The summed E-state index contributed by atoms with van der Waals surface area (Å²) in [6.07, 6.45) is 5.14. The Hall–Kier alpha value is -0.830. The highest BCUT2D eigenvalue weighted by molar-refractivity contribution is 9.09. The van der Waals surface area contributed by atoms with Gasteiger partial charge in [-0.15, -0.1) is 0 Å². The lowest BCUT2D eigenvalue weighted by atomic mass is 9.89. The van der Waals surface area contributed by atoms with Gasteiger partial charge in [-0.2, -0.15) is 0 Å². The summed E-state index contributed by atoms with van der Waals surface area (Å²) >= 11 is 3.17. The summed E-state index contributed by atoms with van der Waals surface area (Å²) in [5, 5.41) is 0.369. The molecule has 2 nitrogen and oxygen atoms in total. The lowest BCUT2D eigenvalue weighted by Gasteiger charge is -2.26. The first kappa shape index (κ1) is 13.6. The third-order valence-corrected chi connectivity index (χ3v) is 4.07. The summed E-state index contributed by atoms with van der Waals surface area (Å²) in [4.78, 5) is 11.5. The highest BCUT2D eigenvalue weighted by atomic mass is 79.9. The van der Waals surface area contributed by atoms with Crippen LogP contribution in [0.5, 0.6) is 5.75 Å². The van der Waals surface area contributed by atoms with Gasteiger partial charge in [0.15, 0.2) is 5.78 Å². The summed E-state index contributed by atoms with van der Waals surface area (Å²) in [5.41, 5.74) is 0.733. The third kappa shape index (κ3) is 3.58. The Morgan fingerprint density at radius 3 is 2.39 bits per heavy atom. The van der Waals surface area contributed by atoms with E-state index in [0.717, 1.165) is 30.1 Å². The maximum Gasteiger partial charge on any atom is 0.173 e. The first-order valence-corrected chi connectivity index (χ1v) is 7.67. The van der Waals surface area contributed by atoms with Crippen molar-refractivity contribution in [3.05, 3.63) is 29.8 Å². The number of halogens is 1. The molecule has 18 heavy (non-hydrogen) atoms. The molecule has 1 saturated carbocycles. The van der Waals surface area contributed by atoms with Gasteiger partial charge < -0.3 is 4.74 Å². The number of ether oxygens (including phenoxy) is 1. The Balaban J connectivity index is 1.92. The fourth-order valence-electron chi connectivity index (χ4n) is 2.34. The van der Waals surface area contributed by atoms with E-state index >= 15 is 0 Å². The van der Waals surface area contributed by atoms with Gasteiger partial charge in [0.1, 0.15) is 5.75 Å². The second-order valence-corrected chi connectivity index (χ2v) is 5.64. The van der Waals surface area contributed by atoms with E-state index in [9.17, 15) is 4.79 Å². The van der Waals surface area contributed by atoms with E-state index in [-0.39, 0.29) is 5.78 Å². The van der Waals surface area contributed by atoms with Gasteiger partial charge >= 0.3 is 0 Å². The van der Waals surface area contributed by atoms with Crippen molar-refractivity contribution in [2.75, 3.05) is 5.33 Å². The summed E-state index contributed by atoms with van der Waals surface area (Å²) in [5.74, 6) is 1.82. The maximum atomic E-state index is 11.5. The van der Waals surface area contributed by atoms with Crippen molar-refractivity contribution in [2.24, 2.45) is 5.92 Å². The molecule has 1 aliphatic rings. The van der Waals surface area contributed by atoms with E-state index in [1.165, 1.54) is 12.8 Å². The molecule has 0 amide bonds. The highest BCUT2D eigenvalue weighted by Crippen LogP contribution is 2.27. The standard InChI is InChI=1S/C15H19BrO2/c1-11-2-6-13(7-3-11)18-14-8-4-12(5-9-14)15(17)10-16/h4-5,8-9,11,13H,2-3,6-7,10H2,1H3. The van der Waals surface area contributed by atoms with Crippen LogP contribution in [-0.2, 0) is 0 Å². The molecule has 1 aliphatic carbocycles.